The fourth-order valence-corrected chi connectivity index (χ4v) is 7.19. The van der Waals surface area contributed by atoms with Gasteiger partial charge in [0.25, 0.3) is 0 Å². The lowest BCUT2D eigenvalue weighted by molar-refractivity contribution is -0.131. The minimum atomic E-state index is -2.27. The van der Waals surface area contributed by atoms with Gasteiger partial charge in [-0.15, -0.1) is 0 Å². The van der Waals surface area contributed by atoms with E-state index in [0.29, 0.717) is 31.6 Å². The molecule has 0 radical (unpaired) electrons. The highest BCUT2D eigenvalue weighted by molar-refractivity contribution is 6.74. The molecule has 2 aliphatic heterocycles. The van der Waals surface area contributed by atoms with Crippen LogP contribution < -0.4 is 9.64 Å². The second-order valence-corrected chi connectivity index (χ2v) is 18.8. The smallest absolute Gasteiger partial charge is 0.410 e. The second-order valence-electron chi connectivity index (χ2n) is 14.1. The zero-order valence-electron chi connectivity index (χ0n) is 27.9. The predicted molar refractivity (Wildman–Crippen MR) is 178 cm³/mol. The Labute approximate surface area is 276 Å². The van der Waals surface area contributed by atoms with Gasteiger partial charge >= 0.3 is 6.09 Å². The van der Waals surface area contributed by atoms with E-state index in [1.165, 1.54) is 53.4 Å². The molecule has 2 heterocycles. The Morgan fingerprint density at radius 1 is 0.915 bits per heavy atom. The van der Waals surface area contributed by atoms with Crippen LogP contribution in [-0.2, 0) is 9.22 Å². The summed E-state index contributed by atoms with van der Waals surface area (Å²) in [6.07, 6.45) is -0.114. The summed E-state index contributed by atoms with van der Waals surface area (Å²) in [5, 5.41) is -0.0852. The van der Waals surface area contributed by atoms with Crippen LogP contribution in [0.25, 0.3) is 0 Å². The van der Waals surface area contributed by atoms with Crippen LogP contribution in [0.1, 0.15) is 56.9 Å². The van der Waals surface area contributed by atoms with Gasteiger partial charge in [0.2, 0.25) is 5.91 Å². The molecule has 7 nitrogen and oxygen atoms in total. The third-order valence-corrected chi connectivity index (χ3v) is 14.3. The van der Waals surface area contributed by atoms with Crippen LogP contribution in [0.5, 0.6) is 5.75 Å². The molecular weight excluding hydrogens is 623 g/mol. The Morgan fingerprint density at radius 2 is 1.51 bits per heavy atom. The van der Waals surface area contributed by atoms with E-state index in [4.69, 9.17) is 9.16 Å². The number of amides is 2. The number of likely N-dealkylation sites (N-methyl/N-ethyl adjacent to an activating group) is 1. The molecule has 0 unspecified atom stereocenters. The molecule has 0 aromatic heterocycles. The number of anilines is 1. The van der Waals surface area contributed by atoms with Crippen molar-refractivity contribution in [1.29, 1.82) is 0 Å². The van der Waals surface area contributed by atoms with E-state index in [1.54, 1.807) is 23.1 Å². The SMILES string of the molecule is CN1CCN(C(=O)Oc2ccc([C@@H]3[C@@H](CC[C@H](O[Si](C)(C)C(C)(C)C)c4ccc(F)cc4)C(=O)N3c3ccc(F)cc3)c(F)c2)CC1. The highest BCUT2D eigenvalue weighted by Crippen LogP contribution is 2.48. The van der Waals surface area contributed by atoms with Gasteiger partial charge in [0.1, 0.15) is 23.2 Å². The van der Waals surface area contributed by atoms with Crippen molar-refractivity contribution in [3.8, 4) is 5.75 Å². The number of ether oxygens (including phenoxy) is 1. The molecule has 3 aromatic rings. The monoisotopic (exact) mass is 667 g/mol. The van der Waals surface area contributed by atoms with Crippen molar-refractivity contribution in [2.24, 2.45) is 5.92 Å². The number of nitrogens with zero attached hydrogens (tertiary/aromatic N) is 3. The first-order valence-corrected chi connectivity index (χ1v) is 19.0. The molecule has 2 amide bonds. The number of β-lactam (4-membered cyclic amide) rings is 1. The number of halogens is 3. The van der Waals surface area contributed by atoms with E-state index in [2.05, 4.69) is 38.8 Å². The minimum Gasteiger partial charge on any atom is -0.410 e. The zero-order chi connectivity index (χ0) is 34.1. The van der Waals surface area contributed by atoms with Crippen molar-refractivity contribution in [2.45, 2.75) is 63.9 Å². The summed E-state index contributed by atoms with van der Waals surface area (Å²) in [6.45, 7) is 13.2. The summed E-state index contributed by atoms with van der Waals surface area (Å²) in [5.74, 6) is -2.15. The fourth-order valence-electron chi connectivity index (χ4n) is 5.88. The number of carbonyl (C=O) groups is 2. The second kappa shape index (κ2) is 13.8. The molecular formula is C36H44F3N3O4Si. The van der Waals surface area contributed by atoms with Gasteiger partial charge in [-0.2, -0.15) is 0 Å². The Balaban J connectivity index is 1.40. The quantitative estimate of drug-likeness (QED) is 0.171. The van der Waals surface area contributed by atoms with Gasteiger partial charge in [0.15, 0.2) is 8.32 Å². The molecule has 3 aromatic carbocycles. The Hall–Kier alpha value is -3.67. The highest BCUT2D eigenvalue weighted by atomic mass is 28.4. The van der Waals surface area contributed by atoms with E-state index >= 15 is 4.39 Å². The van der Waals surface area contributed by atoms with Crippen molar-refractivity contribution in [2.75, 3.05) is 38.1 Å². The molecule has 3 atom stereocenters. The molecule has 0 bridgehead atoms. The van der Waals surface area contributed by atoms with E-state index < -0.39 is 44.1 Å². The lowest BCUT2D eigenvalue weighted by Crippen LogP contribution is -2.55. The Kier molecular flexibility index (Phi) is 10.2. The molecule has 47 heavy (non-hydrogen) atoms. The first kappa shape index (κ1) is 34.7. The molecule has 5 rings (SSSR count). The maximum atomic E-state index is 15.9. The predicted octanol–water partition coefficient (Wildman–Crippen LogP) is 8.10. The van der Waals surface area contributed by atoms with Gasteiger partial charge in [-0.3, -0.25) is 4.79 Å². The molecule has 2 saturated heterocycles. The van der Waals surface area contributed by atoms with Gasteiger partial charge in [0.05, 0.1) is 18.1 Å². The van der Waals surface area contributed by atoms with Crippen molar-refractivity contribution >= 4 is 26.0 Å². The van der Waals surface area contributed by atoms with Gasteiger partial charge in [-0.05, 0) is 86.0 Å². The molecule has 0 spiro atoms. The third-order valence-electron chi connectivity index (χ3n) is 9.80. The zero-order valence-corrected chi connectivity index (χ0v) is 28.9. The van der Waals surface area contributed by atoms with Crippen LogP contribution in [0.15, 0.2) is 66.7 Å². The summed E-state index contributed by atoms with van der Waals surface area (Å²) < 4.78 is 55.9. The normalized spacial score (nSPS) is 19.8. The molecule has 0 aliphatic carbocycles. The lowest BCUT2D eigenvalue weighted by Gasteiger charge is -2.48. The van der Waals surface area contributed by atoms with Gasteiger partial charge in [0, 0.05) is 43.5 Å². The number of rotatable bonds is 9. The highest BCUT2D eigenvalue weighted by Gasteiger charge is 2.50. The van der Waals surface area contributed by atoms with E-state index in [9.17, 15) is 18.4 Å². The largest absolute Gasteiger partial charge is 0.415 e. The van der Waals surface area contributed by atoms with Crippen LogP contribution in [0, 0.1) is 23.4 Å². The summed E-state index contributed by atoms with van der Waals surface area (Å²) in [4.78, 5) is 31.7. The van der Waals surface area contributed by atoms with Crippen LogP contribution in [-0.4, -0.2) is 63.3 Å². The number of hydrogen-bond donors (Lipinski definition) is 0. The number of carbonyl (C=O) groups excluding carboxylic acids is 2. The average Bonchev–Trinajstić information content (AvgIpc) is 3.01. The van der Waals surface area contributed by atoms with Crippen LogP contribution in [0.4, 0.5) is 23.7 Å². The van der Waals surface area contributed by atoms with Crippen molar-refractivity contribution in [1.82, 2.24) is 9.80 Å². The first-order valence-electron chi connectivity index (χ1n) is 16.1. The average molecular weight is 668 g/mol. The lowest BCUT2D eigenvalue weighted by atomic mass is 9.78. The molecule has 11 heteroatoms. The van der Waals surface area contributed by atoms with Crippen molar-refractivity contribution in [3.63, 3.8) is 0 Å². The Bertz CT molecular complexity index is 1570. The van der Waals surface area contributed by atoms with E-state index in [0.717, 1.165) is 18.7 Å². The summed E-state index contributed by atoms with van der Waals surface area (Å²) in [5.41, 5.74) is 1.53. The van der Waals surface area contributed by atoms with E-state index in [1.807, 2.05) is 7.05 Å². The van der Waals surface area contributed by atoms with Gasteiger partial charge < -0.3 is 23.9 Å². The minimum absolute atomic E-state index is 0.0739. The molecule has 0 N–H and O–H groups in total. The maximum absolute atomic E-state index is 15.9. The standard InChI is InChI=1S/C36H44F3N3O4Si/c1-36(2,3)47(5,6)46-32(24-7-9-25(37)10-8-24)18-17-30-33(42(34(30)43)27-13-11-26(38)12-14-27)29-16-15-28(23-31(29)39)45-35(44)41-21-19-40(4)20-22-41/h7-16,23,30,32-33H,17-22H2,1-6H3/t30-,32+,33-/m1/s1. The van der Waals surface area contributed by atoms with Crippen molar-refractivity contribution in [3.05, 3.63) is 95.3 Å². The molecule has 2 fully saturated rings. The first-order chi connectivity index (χ1) is 22.1. The summed E-state index contributed by atoms with van der Waals surface area (Å²) in [6, 6.07) is 15.3. The summed E-state index contributed by atoms with van der Waals surface area (Å²) >= 11 is 0. The molecule has 252 valence electrons. The number of hydrogen-bond acceptors (Lipinski definition) is 5. The van der Waals surface area contributed by atoms with Crippen LogP contribution in [0.2, 0.25) is 18.1 Å². The van der Waals surface area contributed by atoms with Crippen molar-refractivity contribution < 1.29 is 31.9 Å². The third kappa shape index (κ3) is 7.74. The van der Waals surface area contributed by atoms with E-state index in [-0.39, 0.29) is 28.1 Å². The summed E-state index contributed by atoms with van der Waals surface area (Å²) in [7, 11) is -0.294. The topological polar surface area (TPSA) is 62.3 Å². The Morgan fingerprint density at radius 3 is 2.09 bits per heavy atom. The number of benzene rings is 3. The van der Waals surface area contributed by atoms with Gasteiger partial charge in [-0.25, -0.2) is 18.0 Å². The van der Waals surface area contributed by atoms with Gasteiger partial charge in [-0.1, -0.05) is 39.0 Å². The fraction of sp³-hybridized carbons (Fsp3) is 0.444. The van der Waals surface area contributed by atoms with Crippen LogP contribution in [0.3, 0.4) is 0 Å². The number of piperazine rings is 1. The maximum Gasteiger partial charge on any atom is 0.415 e. The molecule has 2 aliphatic rings. The molecule has 0 saturated carbocycles. The van der Waals surface area contributed by atoms with Crippen LogP contribution >= 0.6 is 0 Å².